The van der Waals surface area contributed by atoms with Crippen LogP contribution in [0.5, 0.6) is 5.75 Å². The number of benzene rings is 1. The van der Waals surface area contributed by atoms with E-state index >= 15 is 0 Å². The average Bonchev–Trinajstić information content (AvgIpc) is 2.91. The molecule has 2 fully saturated rings. The van der Waals surface area contributed by atoms with Crippen molar-refractivity contribution < 1.29 is 9.53 Å². The number of fused-ring (bicyclic) bond motifs is 1. The Labute approximate surface area is 153 Å². The molecule has 2 heterocycles. The first kappa shape index (κ1) is 17.8. The fourth-order valence-electron chi connectivity index (χ4n) is 3.59. The first-order valence-corrected chi connectivity index (χ1v) is 9.49. The molecule has 0 N–H and O–H groups in total. The van der Waals surface area contributed by atoms with Crippen LogP contribution in [0.2, 0.25) is 10.0 Å². The number of nitrogens with zero attached hydrogens (tertiary/aromatic N) is 2. The van der Waals surface area contributed by atoms with E-state index in [0.717, 1.165) is 26.1 Å². The summed E-state index contributed by atoms with van der Waals surface area (Å²) in [6.45, 7) is 4.56. The molecule has 0 bridgehead atoms. The number of halogens is 2. The van der Waals surface area contributed by atoms with Crippen molar-refractivity contribution in [1.29, 1.82) is 0 Å². The molecule has 0 aromatic heterocycles. The highest BCUT2D eigenvalue weighted by Gasteiger charge is 2.30. The Morgan fingerprint density at radius 1 is 1.21 bits per heavy atom. The predicted molar refractivity (Wildman–Crippen MR) is 97.0 cm³/mol. The van der Waals surface area contributed by atoms with E-state index in [-0.39, 0.29) is 5.91 Å². The highest BCUT2D eigenvalue weighted by Crippen LogP contribution is 2.31. The SMILES string of the molecule is O=C(CCCOc1cccc(Cl)c1Cl)N1CCCN2CCC[C@H]2C1. The number of ether oxygens (including phenoxy) is 1. The minimum Gasteiger partial charge on any atom is -0.492 e. The van der Waals surface area contributed by atoms with Crippen molar-refractivity contribution in [3.8, 4) is 5.75 Å². The normalized spacial score (nSPS) is 21.4. The van der Waals surface area contributed by atoms with Gasteiger partial charge in [-0.2, -0.15) is 0 Å². The van der Waals surface area contributed by atoms with Crippen LogP contribution < -0.4 is 4.74 Å². The van der Waals surface area contributed by atoms with E-state index < -0.39 is 0 Å². The van der Waals surface area contributed by atoms with Gasteiger partial charge >= 0.3 is 0 Å². The zero-order valence-corrected chi connectivity index (χ0v) is 15.4. The Morgan fingerprint density at radius 2 is 2.04 bits per heavy atom. The third kappa shape index (κ3) is 4.35. The highest BCUT2D eigenvalue weighted by atomic mass is 35.5. The lowest BCUT2D eigenvalue weighted by molar-refractivity contribution is -0.131. The van der Waals surface area contributed by atoms with Crippen LogP contribution in [-0.4, -0.2) is 54.5 Å². The lowest BCUT2D eigenvalue weighted by Gasteiger charge is -2.25. The van der Waals surface area contributed by atoms with E-state index in [9.17, 15) is 4.79 Å². The van der Waals surface area contributed by atoms with Gasteiger partial charge in [-0.25, -0.2) is 0 Å². The molecule has 0 unspecified atom stereocenters. The Bertz CT molecular complexity index is 582. The van der Waals surface area contributed by atoms with Crippen LogP contribution in [0.4, 0.5) is 0 Å². The summed E-state index contributed by atoms with van der Waals surface area (Å²) in [6.07, 6.45) is 4.77. The van der Waals surface area contributed by atoms with E-state index in [0.29, 0.717) is 41.3 Å². The van der Waals surface area contributed by atoms with Crippen LogP contribution in [0.25, 0.3) is 0 Å². The third-order valence-electron chi connectivity index (χ3n) is 4.86. The maximum absolute atomic E-state index is 12.5. The molecule has 1 aromatic rings. The summed E-state index contributed by atoms with van der Waals surface area (Å²) in [5.74, 6) is 0.817. The number of hydrogen-bond donors (Lipinski definition) is 0. The topological polar surface area (TPSA) is 32.8 Å². The number of hydrogen-bond acceptors (Lipinski definition) is 3. The van der Waals surface area contributed by atoms with Gasteiger partial charge in [0.1, 0.15) is 10.8 Å². The van der Waals surface area contributed by atoms with Gasteiger partial charge in [-0.15, -0.1) is 0 Å². The second-order valence-electron chi connectivity index (χ2n) is 6.53. The summed E-state index contributed by atoms with van der Waals surface area (Å²) in [6, 6.07) is 5.89. The smallest absolute Gasteiger partial charge is 0.222 e. The van der Waals surface area contributed by atoms with E-state index in [1.165, 1.54) is 19.4 Å². The molecule has 1 amide bonds. The molecule has 1 aromatic carbocycles. The number of carbonyl (C=O) groups excluding carboxylic acids is 1. The largest absolute Gasteiger partial charge is 0.492 e. The zero-order valence-electron chi connectivity index (χ0n) is 13.8. The molecule has 0 saturated carbocycles. The lowest BCUT2D eigenvalue weighted by atomic mass is 10.2. The van der Waals surface area contributed by atoms with Crippen LogP contribution in [0.3, 0.4) is 0 Å². The van der Waals surface area contributed by atoms with E-state index in [2.05, 4.69) is 4.90 Å². The van der Waals surface area contributed by atoms with Crippen LogP contribution in [-0.2, 0) is 4.79 Å². The van der Waals surface area contributed by atoms with Gasteiger partial charge in [0.15, 0.2) is 0 Å². The second kappa shape index (κ2) is 8.41. The third-order valence-corrected chi connectivity index (χ3v) is 5.67. The molecule has 0 radical (unpaired) electrons. The van der Waals surface area contributed by atoms with Gasteiger partial charge in [0.05, 0.1) is 11.6 Å². The zero-order chi connectivity index (χ0) is 16.9. The number of carbonyl (C=O) groups is 1. The Morgan fingerprint density at radius 3 is 2.92 bits per heavy atom. The van der Waals surface area contributed by atoms with Crippen molar-refractivity contribution in [3.63, 3.8) is 0 Å². The van der Waals surface area contributed by atoms with Crippen LogP contribution in [0.1, 0.15) is 32.1 Å². The Kier molecular flexibility index (Phi) is 6.25. The molecular weight excluding hydrogens is 347 g/mol. The average molecular weight is 371 g/mol. The quantitative estimate of drug-likeness (QED) is 0.737. The molecule has 0 spiro atoms. The summed E-state index contributed by atoms with van der Waals surface area (Å²) in [7, 11) is 0. The molecule has 1 atom stereocenters. The maximum Gasteiger partial charge on any atom is 0.222 e. The van der Waals surface area contributed by atoms with Crippen LogP contribution in [0, 0.1) is 0 Å². The van der Waals surface area contributed by atoms with Crippen molar-refractivity contribution in [2.24, 2.45) is 0 Å². The second-order valence-corrected chi connectivity index (χ2v) is 7.31. The molecular formula is C18H24Cl2N2O2. The van der Waals surface area contributed by atoms with Gasteiger partial charge in [0, 0.05) is 32.1 Å². The van der Waals surface area contributed by atoms with E-state index in [4.69, 9.17) is 27.9 Å². The molecule has 2 aliphatic rings. The summed E-state index contributed by atoms with van der Waals surface area (Å²) < 4.78 is 5.65. The van der Waals surface area contributed by atoms with Gasteiger partial charge in [-0.3, -0.25) is 9.69 Å². The van der Waals surface area contributed by atoms with Gasteiger partial charge < -0.3 is 9.64 Å². The van der Waals surface area contributed by atoms with Crippen LogP contribution in [0.15, 0.2) is 18.2 Å². The highest BCUT2D eigenvalue weighted by molar-refractivity contribution is 6.42. The van der Waals surface area contributed by atoms with Crippen molar-refractivity contribution in [3.05, 3.63) is 28.2 Å². The van der Waals surface area contributed by atoms with Crippen molar-refractivity contribution in [1.82, 2.24) is 9.80 Å². The standard InChI is InChI=1S/C18H24Cl2N2O2/c19-15-6-1-7-16(18(15)20)24-12-3-8-17(23)22-11-4-10-21-9-2-5-14(21)13-22/h1,6-7,14H,2-5,8-13H2/t14-/m0/s1. The Balaban J connectivity index is 1.43. The van der Waals surface area contributed by atoms with Crippen LogP contribution >= 0.6 is 23.2 Å². The molecule has 4 nitrogen and oxygen atoms in total. The van der Waals surface area contributed by atoms with Gasteiger partial charge in [-0.1, -0.05) is 29.3 Å². The number of rotatable bonds is 5. The maximum atomic E-state index is 12.5. The lowest BCUT2D eigenvalue weighted by Crippen LogP contribution is -2.39. The first-order valence-electron chi connectivity index (χ1n) is 8.74. The van der Waals surface area contributed by atoms with Gasteiger partial charge in [0.2, 0.25) is 5.91 Å². The molecule has 6 heteroatoms. The predicted octanol–water partition coefficient (Wildman–Crippen LogP) is 3.85. The molecule has 2 aliphatic heterocycles. The molecule has 2 saturated heterocycles. The Hall–Kier alpha value is -0.970. The minimum atomic E-state index is 0.240. The van der Waals surface area contributed by atoms with Gasteiger partial charge in [-0.05, 0) is 44.4 Å². The van der Waals surface area contributed by atoms with E-state index in [1.807, 2.05) is 4.90 Å². The molecule has 0 aliphatic carbocycles. The fourth-order valence-corrected chi connectivity index (χ4v) is 3.94. The van der Waals surface area contributed by atoms with Crippen molar-refractivity contribution in [2.75, 3.05) is 32.8 Å². The minimum absolute atomic E-state index is 0.240. The summed E-state index contributed by atoms with van der Waals surface area (Å²) in [5.41, 5.74) is 0. The molecule has 3 rings (SSSR count). The molecule has 132 valence electrons. The summed E-state index contributed by atoms with van der Waals surface area (Å²) >= 11 is 12.1. The first-order chi connectivity index (χ1) is 11.6. The summed E-state index contributed by atoms with van der Waals surface area (Å²) in [4.78, 5) is 17.1. The fraction of sp³-hybridized carbons (Fsp3) is 0.611. The van der Waals surface area contributed by atoms with E-state index in [1.54, 1.807) is 18.2 Å². The monoisotopic (exact) mass is 370 g/mol. The molecule has 24 heavy (non-hydrogen) atoms. The van der Waals surface area contributed by atoms with Crippen molar-refractivity contribution in [2.45, 2.75) is 38.1 Å². The summed E-state index contributed by atoms with van der Waals surface area (Å²) in [5, 5.41) is 0.912. The van der Waals surface area contributed by atoms with Crippen molar-refractivity contribution >= 4 is 29.1 Å². The number of amides is 1. The van der Waals surface area contributed by atoms with Gasteiger partial charge in [0.25, 0.3) is 0 Å².